The van der Waals surface area contributed by atoms with E-state index >= 15 is 0 Å². The molecule has 0 aromatic heterocycles. The molecule has 0 spiro atoms. The van der Waals surface area contributed by atoms with E-state index in [-0.39, 0.29) is 5.25 Å². The first-order valence-corrected chi connectivity index (χ1v) is 6.84. The lowest BCUT2D eigenvalue weighted by atomic mass is 10.3. The summed E-state index contributed by atoms with van der Waals surface area (Å²) in [4.78, 5) is 10.8. The molecule has 0 aliphatic carbocycles. The van der Waals surface area contributed by atoms with Crippen molar-refractivity contribution < 1.29 is 19.4 Å². The molecule has 0 amide bonds. The van der Waals surface area contributed by atoms with Gasteiger partial charge in [-0.25, -0.2) is 0 Å². The summed E-state index contributed by atoms with van der Waals surface area (Å²) in [5.41, 5.74) is 0. The third kappa shape index (κ3) is 4.49. The highest BCUT2D eigenvalue weighted by Crippen LogP contribution is 2.26. The van der Waals surface area contributed by atoms with E-state index in [1.54, 1.807) is 7.11 Å². The molecule has 0 aliphatic rings. The average molecular weight is 270 g/mol. The summed E-state index contributed by atoms with van der Waals surface area (Å²) in [6, 6.07) is 7.40. The van der Waals surface area contributed by atoms with Gasteiger partial charge in [-0.2, -0.15) is 0 Å². The number of hydrogen-bond donors (Lipinski definition) is 1. The van der Waals surface area contributed by atoms with Gasteiger partial charge >= 0.3 is 5.97 Å². The molecule has 1 unspecified atom stereocenters. The van der Waals surface area contributed by atoms with E-state index in [1.807, 2.05) is 31.2 Å². The van der Waals surface area contributed by atoms with Crippen molar-refractivity contribution in [2.45, 2.75) is 18.6 Å². The molecular formula is C13H18O4S. The maximum Gasteiger partial charge on any atom is 0.316 e. The molecule has 18 heavy (non-hydrogen) atoms. The van der Waals surface area contributed by atoms with Crippen molar-refractivity contribution in [2.75, 3.05) is 19.5 Å². The van der Waals surface area contributed by atoms with E-state index in [4.69, 9.17) is 14.6 Å². The van der Waals surface area contributed by atoms with E-state index < -0.39 is 5.97 Å². The molecule has 1 aromatic rings. The van der Waals surface area contributed by atoms with Gasteiger partial charge in [0.25, 0.3) is 0 Å². The average Bonchev–Trinajstić information content (AvgIpc) is 2.38. The second kappa shape index (κ2) is 7.87. The van der Waals surface area contributed by atoms with Crippen LogP contribution >= 0.6 is 11.8 Å². The summed E-state index contributed by atoms with van der Waals surface area (Å²) in [5, 5.41) is 8.53. The first kappa shape index (κ1) is 14.7. The molecule has 1 N–H and O–H groups in total. The van der Waals surface area contributed by atoms with Gasteiger partial charge < -0.3 is 14.6 Å². The highest BCUT2D eigenvalue weighted by atomic mass is 32.2. The van der Waals surface area contributed by atoms with Crippen LogP contribution in [0.1, 0.15) is 13.3 Å². The maximum absolute atomic E-state index is 10.8. The molecule has 0 heterocycles. The number of hydrogen-bond acceptors (Lipinski definition) is 4. The first-order valence-electron chi connectivity index (χ1n) is 5.79. The van der Waals surface area contributed by atoms with Crippen LogP contribution in [0.15, 0.2) is 24.3 Å². The number of methoxy groups -OCH3 is 1. The third-order valence-corrected chi connectivity index (χ3v) is 3.71. The van der Waals surface area contributed by atoms with Crippen LogP contribution in [0.25, 0.3) is 0 Å². The summed E-state index contributed by atoms with van der Waals surface area (Å²) in [7, 11) is 1.59. The topological polar surface area (TPSA) is 55.8 Å². The number of carboxylic acids is 1. The van der Waals surface area contributed by atoms with Crippen LogP contribution in [-0.4, -0.2) is 35.8 Å². The van der Waals surface area contributed by atoms with E-state index in [1.165, 1.54) is 11.8 Å². The Bertz CT molecular complexity index is 381. The number of carboxylic acid groups (broad SMARTS) is 1. The van der Waals surface area contributed by atoms with Crippen LogP contribution in [0.5, 0.6) is 11.5 Å². The number of thioether (sulfide) groups is 1. The fourth-order valence-electron chi connectivity index (χ4n) is 1.44. The number of para-hydroxylation sites is 2. The molecular weight excluding hydrogens is 252 g/mol. The molecule has 100 valence electrons. The van der Waals surface area contributed by atoms with Gasteiger partial charge in [-0.1, -0.05) is 19.1 Å². The van der Waals surface area contributed by atoms with Crippen molar-refractivity contribution in [2.24, 2.45) is 0 Å². The minimum absolute atomic E-state index is 0.355. The Kier molecular flexibility index (Phi) is 6.43. The Morgan fingerprint density at radius 3 is 2.61 bits per heavy atom. The third-order valence-electron chi connectivity index (χ3n) is 2.38. The summed E-state index contributed by atoms with van der Waals surface area (Å²) in [6.07, 6.45) is 0.620. The van der Waals surface area contributed by atoms with Crippen LogP contribution in [0.3, 0.4) is 0 Å². The van der Waals surface area contributed by atoms with Gasteiger partial charge in [-0.15, -0.1) is 11.8 Å². The van der Waals surface area contributed by atoms with Crippen molar-refractivity contribution in [1.82, 2.24) is 0 Å². The molecule has 1 atom stereocenters. The largest absolute Gasteiger partial charge is 0.493 e. The SMILES string of the molecule is CCC(SCCOc1ccccc1OC)C(=O)O. The Morgan fingerprint density at radius 1 is 1.39 bits per heavy atom. The summed E-state index contributed by atoms with van der Waals surface area (Å²) >= 11 is 1.40. The molecule has 0 saturated carbocycles. The van der Waals surface area contributed by atoms with Gasteiger partial charge in [0.05, 0.1) is 13.7 Å². The highest BCUT2D eigenvalue weighted by Gasteiger charge is 2.14. The van der Waals surface area contributed by atoms with Crippen molar-refractivity contribution in [3.8, 4) is 11.5 Å². The molecule has 0 fully saturated rings. The Labute approximate surface area is 111 Å². The number of aliphatic carboxylic acids is 1. The van der Waals surface area contributed by atoms with Gasteiger partial charge in [-0.05, 0) is 18.6 Å². The molecule has 0 radical (unpaired) electrons. The summed E-state index contributed by atoms with van der Waals surface area (Å²) in [5.74, 6) is 1.25. The predicted octanol–water partition coefficient (Wildman–Crippen LogP) is 2.67. The zero-order valence-electron chi connectivity index (χ0n) is 10.6. The summed E-state index contributed by atoms with van der Waals surface area (Å²) < 4.78 is 10.7. The van der Waals surface area contributed by atoms with E-state index in [9.17, 15) is 4.79 Å². The minimum atomic E-state index is -0.764. The highest BCUT2D eigenvalue weighted by molar-refractivity contribution is 8.00. The lowest BCUT2D eigenvalue weighted by Crippen LogP contribution is -2.17. The minimum Gasteiger partial charge on any atom is -0.493 e. The van der Waals surface area contributed by atoms with E-state index in [0.29, 0.717) is 30.3 Å². The van der Waals surface area contributed by atoms with Gasteiger partial charge in [-0.3, -0.25) is 4.79 Å². The monoisotopic (exact) mass is 270 g/mol. The van der Waals surface area contributed by atoms with Gasteiger partial charge in [0.2, 0.25) is 0 Å². The number of benzene rings is 1. The zero-order valence-corrected chi connectivity index (χ0v) is 11.4. The molecule has 5 heteroatoms. The smallest absolute Gasteiger partial charge is 0.316 e. The van der Waals surface area contributed by atoms with Crippen LogP contribution in [0, 0.1) is 0 Å². The molecule has 0 bridgehead atoms. The van der Waals surface area contributed by atoms with E-state index in [0.717, 1.165) is 0 Å². The predicted molar refractivity (Wildman–Crippen MR) is 72.7 cm³/mol. The standard InChI is InChI=1S/C13H18O4S/c1-3-12(13(14)15)18-9-8-17-11-7-5-4-6-10(11)16-2/h4-7,12H,3,8-9H2,1-2H3,(H,14,15). The fourth-order valence-corrected chi connectivity index (χ4v) is 2.29. The fraction of sp³-hybridized carbons (Fsp3) is 0.462. The van der Waals surface area contributed by atoms with Crippen LogP contribution in [0.2, 0.25) is 0 Å². The first-order chi connectivity index (χ1) is 8.69. The Morgan fingerprint density at radius 2 is 2.06 bits per heavy atom. The number of rotatable bonds is 8. The van der Waals surface area contributed by atoms with Gasteiger partial charge in [0.1, 0.15) is 5.25 Å². The molecule has 1 aromatic carbocycles. The van der Waals surface area contributed by atoms with Gasteiger partial charge in [0.15, 0.2) is 11.5 Å². The lowest BCUT2D eigenvalue weighted by molar-refractivity contribution is -0.136. The normalized spacial score (nSPS) is 11.9. The lowest BCUT2D eigenvalue weighted by Gasteiger charge is -2.12. The van der Waals surface area contributed by atoms with Gasteiger partial charge in [0, 0.05) is 5.75 Å². The van der Waals surface area contributed by atoms with E-state index in [2.05, 4.69) is 0 Å². The van der Waals surface area contributed by atoms with Crippen molar-refractivity contribution in [3.05, 3.63) is 24.3 Å². The zero-order chi connectivity index (χ0) is 13.4. The Hall–Kier alpha value is -1.36. The molecule has 0 aliphatic heterocycles. The van der Waals surface area contributed by atoms with Crippen LogP contribution in [0.4, 0.5) is 0 Å². The number of ether oxygens (including phenoxy) is 2. The van der Waals surface area contributed by atoms with Crippen molar-refractivity contribution >= 4 is 17.7 Å². The molecule has 4 nitrogen and oxygen atoms in total. The maximum atomic E-state index is 10.8. The molecule has 0 saturated heterocycles. The number of carbonyl (C=O) groups is 1. The second-order valence-electron chi connectivity index (χ2n) is 3.61. The molecule has 1 rings (SSSR count). The Balaban J connectivity index is 2.35. The van der Waals surface area contributed by atoms with Crippen molar-refractivity contribution in [1.29, 1.82) is 0 Å². The quantitative estimate of drug-likeness (QED) is 0.736. The van der Waals surface area contributed by atoms with Crippen molar-refractivity contribution in [3.63, 3.8) is 0 Å². The summed E-state index contributed by atoms with van der Waals surface area (Å²) in [6.45, 7) is 2.34. The van der Waals surface area contributed by atoms with Crippen LogP contribution in [-0.2, 0) is 4.79 Å². The van der Waals surface area contributed by atoms with Crippen LogP contribution < -0.4 is 9.47 Å². The second-order valence-corrected chi connectivity index (χ2v) is 4.92.